The molecule has 1 aromatic carbocycles. The van der Waals surface area contributed by atoms with Crippen LogP contribution in [0.5, 0.6) is 0 Å². The van der Waals surface area contributed by atoms with Gasteiger partial charge in [-0.2, -0.15) is 8.42 Å². The van der Waals surface area contributed by atoms with Gasteiger partial charge in [0.1, 0.15) is 0 Å². The summed E-state index contributed by atoms with van der Waals surface area (Å²) in [7, 11) is -4.21. The van der Waals surface area contributed by atoms with E-state index < -0.39 is 10.1 Å². The molecule has 108 valence electrons. The van der Waals surface area contributed by atoms with Crippen LogP contribution < -0.4 is 0 Å². The van der Waals surface area contributed by atoms with E-state index in [4.69, 9.17) is 0 Å². The van der Waals surface area contributed by atoms with Gasteiger partial charge >= 0.3 is 0 Å². The summed E-state index contributed by atoms with van der Waals surface area (Å²) in [4.78, 5) is 0.0341. The lowest BCUT2D eigenvalue weighted by atomic mass is 9.79. The van der Waals surface area contributed by atoms with Crippen LogP contribution in [0.1, 0.15) is 59.1 Å². The van der Waals surface area contributed by atoms with Gasteiger partial charge < -0.3 is 0 Å². The highest BCUT2D eigenvalue weighted by Crippen LogP contribution is 2.35. The zero-order valence-corrected chi connectivity index (χ0v) is 13.4. The molecule has 0 saturated carbocycles. The van der Waals surface area contributed by atoms with Crippen molar-refractivity contribution in [3.63, 3.8) is 0 Å². The standard InChI is InChI=1S/C15H24O3S/c1-7-15(5,6)12-9-8-11(14(2,3)4)10-13(12)19(16,17)18/h8-10H,7H2,1-6H3,(H,16,17,18). The lowest BCUT2D eigenvalue weighted by Gasteiger charge is -2.27. The fourth-order valence-corrected chi connectivity index (χ4v) is 2.85. The average Bonchev–Trinajstić information content (AvgIpc) is 2.26. The van der Waals surface area contributed by atoms with Crippen molar-refractivity contribution in [2.45, 2.75) is 63.7 Å². The van der Waals surface area contributed by atoms with Crippen molar-refractivity contribution >= 4 is 10.1 Å². The molecule has 0 radical (unpaired) electrons. The predicted octanol–water partition coefficient (Wildman–Crippen LogP) is 3.92. The van der Waals surface area contributed by atoms with Gasteiger partial charge in [0.2, 0.25) is 0 Å². The predicted molar refractivity (Wildman–Crippen MR) is 78.3 cm³/mol. The van der Waals surface area contributed by atoms with Gasteiger partial charge in [-0.1, -0.05) is 53.7 Å². The summed E-state index contributed by atoms with van der Waals surface area (Å²) in [5.41, 5.74) is 1.12. The molecule has 0 spiro atoms. The Bertz CT molecular complexity index is 564. The Morgan fingerprint density at radius 1 is 1.11 bits per heavy atom. The minimum Gasteiger partial charge on any atom is -0.282 e. The Labute approximate surface area is 116 Å². The molecule has 0 aliphatic rings. The number of hydrogen-bond acceptors (Lipinski definition) is 2. The fourth-order valence-electron chi connectivity index (χ4n) is 1.95. The molecule has 0 saturated heterocycles. The van der Waals surface area contributed by atoms with Crippen molar-refractivity contribution in [2.75, 3.05) is 0 Å². The molecule has 0 fully saturated rings. The van der Waals surface area contributed by atoms with E-state index in [0.29, 0.717) is 5.56 Å². The van der Waals surface area contributed by atoms with Crippen molar-refractivity contribution in [3.8, 4) is 0 Å². The molecule has 19 heavy (non-hydrogen) atoms. The van der Waals surface area contributed by atoms with Gasteiger partial charge in [-0.25, -0.2) is 0 Å². The lowest BCUT2D eigenvalue weighted by Crippen LogP contribution is -2.21. The van der Waals surface area contributed by atoms with Crippen molar-refractivity contribution in [1.29, 1.82) is 0 Å². The van der Waals surface area contributed by atoms with Gasteiger partial charge in [0.05, 0.1) is 4.90 Å². The molecule has 0 unspecified atom stereocenters. The van der Waals surface area contributed by atoms with E-state index in [0.717, 1.165) is 12.0 Å². The molecule has 0 aliphatic carbocycles. The molecular formula is C15H24O3S. The van der Waals surface area contributed by atoms with Crippen molar-refractivity contribution in [3.05, 3.63) is 29.3 Å². The van der Waals surface area contributed by atoms with E-state index in [2.05, 4.69) is 0 Å². The summed E-state index contributed by atoms with van der Waals surface area (Å²) in [6, 6.07) is 5.37. The minimum atomic E-state index is -4.21. The summed E-state index contributed by atoms with van der Waals surface area (Å²) >= 11 is 0. The van der Waals surface area contributed by atoms with Gasteiger partial charge in [0.25, 0.3) is 10.1 Å². The number of benzene rings is 1. The molecule has 0 aromatic heterocycles. The molecule has 1 N–H and O–H groups in total. The maximum atomic E-state index is 11.7. The molecule has 4 heteroatoms. The quantitative estimate of drug-likeness (QED) is 0.856. The summed E-state index contributed by atoms with van der Waals surface area (Å²) in [5, 5.41) is 0. The van der Waals surface area contributed by atoms with E-state index in [1.165, 1.54) is 0 Å². The second-order valence-electron chi connectivity index (χ2n) is 6.67. The summed E-state index contributed by atoms with van der Waals surface area (Å²) in [6.07, 6.45) is 0.796. The number of rotatable bonds is 3. The molecule has 1 rings (SSSR count). The zero-order chi connectivity index (χ0) is 15.1. The van der Waals surface area contributed by atoms with E-state index in [1.54, 1.807) is 6.07 Å². The maximum absolute atomic E-state index is 11.7. The Morgan fingerprint density at radius 3 is 2.00 bits per heavy atom. The van der Waals surface area contributed by atoms with Crippen molar-refractivity contribution < 1.29 is 13.0 Å². The van der Waals surface area contributed by atoms with Crippen molar-refractivity contribution in [1.82, 2.24) is 0 Å². The van der Waals surface area contributed by atoms with E-state index in [9.17, 15) is 13.0 Å². The third kappa shape index (κ3) is 3.57. The van der Waals surface area contributed by atoms with Crippen LogP contribution in [0.4, 0.5) is 0 Å². The normalized spacial score (nSPS) is 13.6. The van der Waals surface area contributed by atoms with Gasteiger partial charge in [0.15, 0.2) is 0 Å². The third-order valence-electron chi connectivity index (χ3n) is 3.74. The molecule has 0 heterocycles. The lowest BCUT2D eigenvalue weighted by molar-refractivity contribution is 0.462. The first-order valence-corrected chi connectivity index (χ1v) is 7.96. The topological polar surface area (TPSA) is 54.4 Å². The van der Waals surface area contributed by atoms with E-state index in [-0.39, 0.29) is 15.7 Å². The van der Waals surface area contributed by atoms with Gasteiger partial charge in [-0.05, 0) is 34.4 Å². The van der Waals surface area contributed by atoms with Crippen LogP contribution in [-0.4, -0.2) is 13.0 Å². The molecule has 0 atom stereocenters. The number of hydrogen-bond donors (Lipinski definition) is 1. The monoisotopic (exact) mass is 284 g/mol. The molecule has 0 bridgehead atoms. The van der Waals surface area contributed by atoms with E-state index >= 15 is 0 Å². The Balaban J connectivity index is 3.61. The summed E-state index contributed by atoms with van der Waals surface area (Å²) in [6.45, 7) is 12.0. The Hall–Kier alpha value is -0.870. The first-order chi connectivity index (χ1) is 8.39. The minimum absolute atomic E-state index is 0.0341. The molecular weight excluding hydrogens is 260 g/mol. The Morgan fingerprint density at radius 2 is 1.63 bits per heavy atom. The molecule has 1 aromatic rings. The summed E-state index contributed by atoms with van der Waals surface area (Å²) < 4.78 is 32.8. The van der Waals surface area contributed by atoms with Crippen LogP contribution in [0.15, 0.2) is 23.1 Å². The highest BCUT2D eigenvalue weighted by molar-refractivity contribution is 7.85. The van der Waals surface area contributed by atoms with Crippen LogP contribution in [0.3, 0.4) is 0 Å². The average molecular weight is 284 g/mol. The molecule has 3 nitrogen and oxygen atoms in total. The first kappa shape index (κ1) is 16.2. The second kappa shape index (κ2) is 4.91. The van der Waals surface area contributed by atoms with E-state index in [1.807, 2.05) is 53.7 Å². The van der Waals surface area contributed by atoms with Crippen LogP contribution in [0.2, 0.25) is 0 Å². The molecule has 0 amide bonds. The highest BCUT2D eigenvalue weighted by Gasteiger charge is 2.28. The smallest absolute Gasteiger partial charge is 0.282 e. The van der Waals surface area contributed by atoms with Crippen LogP contribution >= 0.6 is 0 Å². The van der Waals surface area contributed by atoms with Gasteiger partial charge in [0, 0.05) is 0 Å². The highest BCUT2D eigenvalue weighted by atomic mass is 32.2. The molecule has 0 aliphatic heterocycles. The van der Waals surface area contributed by atoms with Crippen molar-refractivity contribution in [2.24, 2.45) is 0 Å². The van der Waals surface area contributed by atoms with Crippen LogP contribution in [0, 0.1) is 0 Å². The Kier molecular flexibility index (Phi) is 4.18. The fraction of sp³-hybridized carbons (Fsp3) is 0.600. The third-order valence-corrected chi connectivity index (χ3v) is 4.63. The largest absolute Gasteiger partial charge is 0.294 e. The first-order valence-electron chi connectivity index (χ1n) is 6.52. The summed E-state index contributed by atoms with van der Waals surface area (Å²) in [5.74, 6) is 0. The van der Waals surface area contributed by atoms with Crippen LogP contribution in [0.25, 0.3) is 0 Å². The van der Waals surface area contributed by atoms with Crippen LogP contribution in [-0.2, 0) is 20.9 Å². The van der Waals surface area contributed by atoms with Gasteiger partial charge in [-0.15, -0.1) is 0 Å². The maximum Gasteiger partial charge on any atom is 0.294 e. The second-order valence-corrected chi connectivity index (χ2v) is 8.06. The zero-order valence-electron chi connectivity index (χ0n) is 12.6. The van der Waals surface area contributed by atoms with Gasteiger partial charge in [-0.3, -0.25) is 4.55 Å². The SMILES string of the molecule is CCC(C)(C)c1ccc(C(C)(C)C)cc1S(=O)(=O)O.